The molecule has 4 aliphatic rings. The molecule has 0 saturated carbocycles. The van der Waals surface area contributed by atoms with Gasteiger partial charge in [-0.3, -0.25) is 4.90 Å². The monoisotopic (exact) mass is 825 g/mol. The van der Waals surface area contributed by atoms with Crippen molar-refractivity contribution in [1.29, 1.82) is 0 Å². The van der Waals surface area contributed by atoms with E-state index >= 15 is 0 Å². The molecule has 2 aliphatic heterocycles. The van der Waals surface area contributed by atoms with E-state index in [1.807, 2.05) is 7.11 Å². The lowest BCUT2D eigenvalue weighted by atomic mass is 9.88. The molecule has 0 aromatic heterocycles. The van der Waals surface area contributed by atoms with Crippen molar-refractivity contribution < 1.29 is 9.47 Å². The third kappa shape index (κ3) is 1.41. The van der Waals surface area contributed by atoms with Crippen molar-refractivity contribution in [3.05, 3.63) is 22.3 Å². The number of nitrogens with zero attached hydrogens (tertiary/aromatic N) is 1. The predicted molar refractivity (Wildman–Crippen MR) is 281 cm³/mol. The minimum Gasteiger partial charge on any atom is -0.382 e. The lowest BCUT2D eigenvalue weighted by Crippen LogP contribution is -2.34. The molecular formula is C64H11NO2. The minimum atomic E-state index is 0.106. The molecule has 67 heavy (non-hydrogen) atoms. The molecule has 2 bridgehead atoms. The van der Waals surface area contributed by atoms with Crippen LogP contribution < -0.4 is 0 Å². The van der Waals surface area contributed by atoms with E-state index in [2.05, 4.69) is 4.90 Å². The normalized spacial score (nSPS) is 20.6. The lowest BCUT2D eigenvalue weighted by Gasteiger charge is -2.35. The molecule has 0 radical (unpaired) electrons. The molecule has 2 aliphatic carbocycles. The van der Waals surface area contributed by atoms with Crippen molar-refractivity contribution in [3.8, 4) is 0 Å². The van der Waals surface area contributed by atoms with E-state index in [-0.39, 0.29) is 12.1 Å². The predicted octanol–water partition coefficient (Wildman–Crippen LogP) is 16.8. The molecule has 28 aromatic rings. The van der Waals surface area contributed by atoms with Gasteiger partial charge < -0.3 is 9.47 Å². The molecule has 0 saturated heterocycles. The van der Waals surface area contributed by atoms with Crippen molar-refractivity contribution >= 4 is 291 Å². The summed E-state index contributed by atoms with van der Waals surface area (Å²) in [5, 5.41) is 88.7. The Kier molecular flexibility index (Phi) is 2.23. The number of rotatable bonds is 5. The average molecular weight is 826 g/mol. The minimum absolute atomic E-state index is 0.106. The Morgan fingerprint density at radius 1 is 0.224 bits per heavy atom. The molecule has 284 valence electrons. The van der Waals surface area contributed by atoms with Gasteiger partial charge in [0.2, 0.25) is 0 Å². The Morgan fingerprint density at radius 3 is 0.522 bits per heavy atom. The fourth-order valence-corrected chi connectivity index (χ4v) is 23.6. The van der Waals surface area contributed by atoms with E-state index in [0.29, 0.717) is 19.9 Å². The van der Waals surface area contributed by atoms with Gasteiger partial charge in [-0.2, -0.15) is 0 Å². The average Bonchev–Trinajstić information content (AvgIpc) is 4.19. The highest BCUT2D eigenvalue weighted by Crippen LogP contribution is 2.81. The molecule has 0 atom stereocenters. The Hall–Kier alpha value is -7.66. The Bertz CT molecular complexity index is 6350. The van der Waals surface area contributed by atoms with Crippen LogP contribution in [0.1, 0.15) is 34.3 Å². The molecule has 2 heterocycles. The second-order valence-electron chi connectivity index (χ2n) is 24.3. The van der Waals surface area contributed by atoms with Crippen molar-refractivity contribution in [2.24, 2.45) is 0 Å². The quantitative estimate of drug-likeness (QED) is 0.127. The van der Waals surface area contributed by atoms with Gasteiger partial charge in [0.25, 0.3) is 0 Å². The molecule has 0 N–H and O–H groups in total. The summed E-state index contributed by atoms with van der Waals surface area (Å²) in [5.41, 5.74) is 6.58. The first-order valence-corrected chi connectivity index (χ1v) is 25.0. The van der Waals surface area contributed by atoms with E-state index in [0.717, 1.165) is 0 Å². The van der Waals surface area contributed by atoms with E-state index < -0.39 is 0 Å². The molecule has 0 spiro atoms. The topological polar surface area (TPSA) is 21.7 Å². The maximum Gasteiger partial charge on any atom is 0.101 e. The Morgan fingerprint density at radius 2 is 0.373 bits per heavy atom. The SMILES string of the molecule is COCCOCN1C2c3c4c5c6c7c8c(c9c%10c2c2c3c3c%11c4c4c5c5c7c7c%12c8c8c9c9c%10c%10c2c2c3c3c%11c%11c4c4c5c7c5c7c%12c8c8c9c9c%10c2c2c3c3c%11c4c5c4c7c8c9c2c34)C61. The van der Waals surface area contributed by atoms with Gasteiger partial charge in [0.15, 0.2) is 0 Å². The van der Waals surface area contributed by atoms with Crippen molar-refractivity contribution in [2.45, 2.75) is 12.1 Å². The summed E-state index contributed by atoms with van der Waals surface area (Å²) in [6.45, 7) is 1.81. The Balaban J connectivity index is 1.19. The van der Waals surface area contributed by atoms with Crippen molar-refractivity contribution in [2.75, 3.05) is 27.1 Å². The van der Waals surface area contributed by atoms with Crippen LogP contribution in [0.3, 0.4) is 0 Å². The van der Waals surface area contributed by atoms with Crippen LogP contribution in [-0.2, 0) is 9.47 Å². The fraction of sp³-hybridized carbons (Fsp3) is 0.0938. The molecule has 0 fully saturated rings. The van der Waals surface area contributed by atoms with Gasteiger partial charge in [-0.05, 0) is 313 Å². The number of methoxy groups -OCH3 is 1. The molecule has 3 nitrogen and oxygen atoms in total. The van der Waals surface area contributed by atoms with E-state index in [1.165, 1.54) is 0 Å². The van der Waals surface area contributed by atoms with Gasteiger partial charge in [0.1, 0.15) is 6.73 Å². The molecular weight excluding hydrogens is 815 g/mol. The third-order valence-electron chi connectivity index (χ3n) is 23.8. The zero-order valence-corrected chi connectivity index (χ0v) is 34.5. The number of hydrogen-bond donors (Lipinski definition) is 0. The number of benzene rings is 18. The van der Waals surface area contributed by atoms with Gasteiger partial charge in [-0.25, -0.2) is 0 Å². The first-order chi connectivity index (χ1) is 33.4. The highest BCUT2D eigenvalue weighted by atomic mass is 16.5. The second-order valence-corrected chi connectivity index (χ2v) is 24.3. The van der Waals surface area contributed by atoms with Gasteiger partial charge in [0, 0.05) is 7.11 Å². The zero-order chi connectivity index (χ0) is 39.8. The summed E-state index contributed by atoms with van der Waals surface area (Å²) in [6, 6.07) is 0.212. The van der Waals surface area contributed by atoms with Crippen LogP contribution in [0, 0.1) is 0 Å². The standard InChI is InChI=1S/C64H11NO2/c1-66-2-3-67-4-65-63-59-51-43-33-23-15-7-5-6-9-13-11(7)19-27-21(13)31-25-17(9)18-10(6)14-12-8(5)16(15)24-30-20(12)28-22(14)32-26(18)36-35(25)45-39(31)49-41(27)47(37(43)29(19)23)55(59)57(49)61-53(45)54-46(36)40(32)50-42(28)48-38(30)44(34(24)33)52(51)60(63)56(48)58(50)62(54)64(61)65/h63-64H,2-4H2,1H3. The maximum absolute atomic E-state index is 7.03. The molecule has 0 unspecified atom stereocenters. The summed E-state index contributed by atoms with van der Waals surface area (Å²) >= 11 is 0. The largest absolute Gasteiger partial charge is 0.382 e. The van der Waals surface area contributed by atoms with Crippen LogP contribution >= 0.6 is 0 Å². The van der Waals surface area contributed by atoms with E-state index in [1.54, 1.807) is 313 Å². The fourth-order valence-electron chi connectivity index (χ4n) is 23.6. The third-order valence-corrected chi connectivity index (χ3v) is 23.8. The summed E-state index contributed by atoms with van der Waals surface area (Å²) in [4.78, 5) is 2.96. The van der Waals surface area contributed by atoms with Crippen LogP contribution in [0.4, 0.5) is 0 Å². The van der Waals surface area contributed by atoms with Crippen molar-refractivity contribution in [3.63, 3.8) is 0 Å². The van der Waals surface area contributed by atoms with E-state index in [9.17, 15) is 0 Å². The smallest absolute Gasteiger partial charge is 0.101 e. The first-order valence-electron chi connectivity index (χ1n) is 25.0. The number of ether oxygens (including phenoxy) is 2. The van der Waals surface area contributed by atoms with Crippen LogP contribution in [0.2, 0.25) is 0 Å². The van der Waals surface area contributed by atoms with Crippen LogP contribution in [-0.4, -0.2) is 32.0 Å². The van der Waals surface area contributed by atoms with Crippen LogP contribution in [0.25, 0.3) is 291 Å². The zero-order valence-electron chi connectivity index (χ0n) is 34.5. The van der Waals surface area contributed by atoms with Crippen molar-refractivity contribution in [1.82, 2.24) is 4.90 Å². The van der Waals surface area contributed by atoms with Gasteiger partial charge >= 0.3 is 0 Å². The highest BCUT2D eigenvalue weighted by Gasteiger charge is 2.56. The molecule has 0 amide bonds. The van der Waals surface area contributed by atoms with Gasteiger partial charge in [-0.1, -0.05) is 0 Å². The molecule has 28 aromatic carbocycles. The van der Waals surface area contributed by atoms with Gasteiger partial charge in [-0.15, -0.1) is 0 Å². The number of hydrogen-bond acceptors (Lipinski definition) is 3. The summed E-state index contributed by atoms with van der Waals surface area (Å²) in [6.07, 6.45) is 0. The summed E-state index contributed by atoms with van der Waals surface area (Å²) in [5.74, 6) is 0. The van der Waals surface area contributed by atoms with Gasteiger partial charge in [0.05, 0.1) is 25.3 Å². The molecule has 32 rings (SSSR count). The second kappa shape index (κ2) is 5.90. The van der Waals surface area contributed by atoms with Crippen LogP contribution in [0.5, 0.6) is 0 Å². The summed E-state index contributed by atoms with van der Waals surface area (Å²) < 4.78 is 12.7. The highest BCUT2D eigenvalue weighted by molar-refractivity contribution is 6.82. The van der Waals surface area contributed by atoms with Crippen LogP contribution in [0.15, 0.2) is 0 Å². The lowest BCUT2D eigenvalue weighted by molar-refractivity contribution is -0.0197. The molecule has 3 heteroatoms. The first kappa shape index (κ1) is 25.3. The maximum atomic E-state index is 7.03. The Labute approximate surface area is 364 Å². The summed E-state index contributed by atoms with van der Waals surface area (Å²) in [7, 11) is 1.82. The van der Waals surface area contributed by atoms with E-state index in [4.69, 9.17) is 9.47 Å².